The summed E-state index contributed by atoms with van der Waals surface area (Å²) in [5.41, 5.74) is 6.48. The third kappa shape index (κ3) is 3.64. The lowest BCUT2D eigenvalue weighted by molar-refractivity contribution is 0.410. The van der Waals surface area contributed by atoms with E-state index in [1.807, 2.05) is 7.05 Å². The van der Waals surface area contributed by atoms with Crippen molar-refractivity contribution in [2.75, 3.05) is 14.2 Å². The van der Waals surface area contributed by atoms with Gasteiger partial charge >= 0.3 is 0 Å². The number of likely N-dealkylation sites (N-methyl/N-ethyl adjacent to an activating group) is 1. The fraction of sp³-hybridized carbons (Fsp3) is 0.368. The molecule has 112 valence electrons. The van der Waals surface area contributed by atoms with Crippen molar-refractivity contribution in [3.8, 4) is 5.75 Å². The maximum Gasteiger partial charge on any atom is 0.122 e. The highest BCUT2D eigenvalue weighted by Crippen LogP contribution is 2.25. The number of aryl methyl sites for hydroxylation is 3. The van der Waals surface area contributed by atoms with Gasteiger partial charge in [-0.1, -0.05) is 30.3 Å². The van der Waals surface area contributed by atoms with Crippen molar-refractivity contribution in [2.45, 2.75) is 33.2 Å². The Labute approximate surface area is 128 Å². The zero-order valence-corrected chi connectivity index (χ0v) is 13.7. The number of benzene rings is 2. The van der Waals surface area contributed by atoms with Crippen molar-refractivity contribution in [1.82, 2.24) is 5.32 Å². The highest BCUT2D eigenvalue weighted by molar-refractivity contribution is 5.39. The fourth-order valence-corrected chi connectivity index (χ4v) is 2.61. The molecule has 2 aromatic carbocycles. The first-order valence-corrected chi connectivity index (χ1v) is 7.43. The van der Waals surface area contributed by atoms with Gasteiger partial charge in [0.1, 0.15) is 5.75 Å². The molecule has 1 N–H and O–H groups in total. The molecule has 1 unspecified atom stereocenters. The quantitative estimate of drug-likeness (QED) is 0.891. The summed E-state index contributed by atoms with van der Waals surface area (Å²) in [4.78, 5) is 0. The molecule has 0 aromatic heterocycles. The van der Waals surface area contributed by atoms with E-state index in [1.165, 1.54) is 27.8 Å². The van der Waals surface area contributed by atoms with Crippen molar-refractivity contribution in [1.29, 1.82) is 0 Å². The van der Waals surface area contributed by atoms with E-state index >= 15 is 0 Å². The second kappa shape index (κ2) is 6.77. The van der Waals surface area contributed by atoms with Gasteiger partial charge < -0.3 is 10.1 Å². The fourth-order valence-electron chi connectivity index (χ4n) is 2.61. The van der Waals surface area contributed by atoms with Crippen molar-refractivity contribution < 1.29 is 4.74 Å². The summed E-state index contributed by atoms with van der Waals surface area (Å²) in [7, 11) is 3.74. The second-order valence-electron chi connectivity index (χ2n) is 5.69. The van der Waals surface area contributed by atoms with Crippen LogP contribution >= 0.6 is 0 Å². The Morgan fingerprint density at radius 2 is 1.67 bits per heavy atom. The van der Waals surface area contributed by atoms with Gasteiger partial charge in [-0.2, -0.15) is 0 Å². The molecule has 2 aromatic rings. The van der Waals surface area contributed by atoms with Gasteiger partial charge in [-0.05, 0) is 68.1 Å². The number of hydrogen-bond donors (Lipinski definition) is 1. The van der Waals surface area contributed by atoms with E-state index in [0.29, 0.717) is 6.04 Å². The van der Waals surface area contributed by atoms with Crippen LogP contribution in [0, 0.1) is 20.8 Å². The molecule has 0 radical (unpaired) electrons. The normalized spacial score (nSPS) is 12.2. The van der Waals surface area contributed by atoms with Gasteiger partial charge in [0.25, 0.3) is 0 Å². The molecule has 0 bridgehead atoms. The van der Waals surface area contributed by atoms with Gasteiger partial charge in [0.15, 0.2) is 0 Å². The molecular formula is C19H25NO. The minimum atomic E-state index is 0.293. The Morgan fingerprint density at radius 3 is 2.29 bits per heavy atom. The highest BCUT2D eigenvalue weighted by Gasteiger charge is 2.12. The molecule has 0 fully saturated rings. The molecule has 0 spiro atoms. The summed E-state index contributed by atoms with van der Waals surface area (Å²) in [5.74, 6) is 0.952. The average molecular weight is 283 g/mol. The summed E-state index contributed by atoms with van der Waals surface area (Å²) in [5, 5.41) is 3.42. The molecule has 0 aliphatic carbocycles. The topological polar surface area (TPSA) is 21.3 Å². The largest absolute Gasteiger partial charge is 0.496 e. The van der Waals surface area contributed by atoms with Crippen LogP contribution in [0.1, 0.15) is 33.9 Å². The monoisotopic (exact) mass is 283 g/mol. The third-order valence-electron chi connectivity index (χ3n) is 4.19. The van der Waals surface area contributed by atoms with Gasteiger partial charge in [-0.15, -0.1) is 0 Å². The van der Waals surface area contributed by atoms with E-state index in [2.05, 4.69) is 62.5 Å². The zero-order chi connectivity index (χ0) is 15.4. The standard InChI is InChI=1S/C19H25NO/c1-13-6-8-16(10-15(13)3)11-18(20-4)17-9-7-14(2)19(12-17)21-5/h6-10,12,18,20H,11H2,1-5H3. The van der Waals surface area contributed by atoms with Crippen LogP contribution in [0.25, 0.3) is 0 Å². The van der Waals surface area contributed by atoms with Crippen LogP contribution in [0.3, 0.4) is 0 Å². The van der Waals surface area contributed by atoms with Gasteiger partial charge in [0.2, 0.25) is 0 Å². The van der Waals surface area contributed by atoms with E-state index in [4.69, 9.17) is 4.74 Å². The number of methoxy groups -OCH3 is 1. The number of rotatable bonds is 5. The summed E-state index contributed by atoms with van der Waals surface area (Å²) < 4.78 is 5.44. The highest BCUT2D eigenvalue weighted by atomic mass is 16.5. The summed E-state index contributed by atoms with van der Waals surface area (Å²) >= 11 is 0. The van der Waals surface area contributed by atoms with Crippen molar-refractivity contribution >= 4 is 0 Å². The molecule has 0 aliphatic heterocycles. The first-order valence-electron chi connectivity index (χ1n) is 7.43. The minimum absolute atomic E-state index is 0.293. The number of nitrogens with one attached hydrogen (secondary N) is 1. The maximum atomic E-state index is 5.44. The van der Waals surface area contributed by atoms with Crippen LogP contribution in [0.5, 0.6) is 5.75 Å². The molecule has 2 nitrogen and oxygen atoms in total. The first kappa shape index (κ1) is 15.6. The lowest BCUT2D eigenvalue weighted by Gasteiger charge is -2.19. The van der Waals surface area contributed by atoms with Crippen LogP contribution in [0.4, 0.5) is 0 Å². The lowest BCUT2D eigenvalue weighted by atomic mass is 9.96. The van der Waals surface area contributed by atoms with Gasteiger partial charge in [0, 0.05) is 6.04 Å². The molecule has 0 aliphatic rings. The SMILES string of the molecule is CNC(Cc1ccc(C)c(C)c1)c1ccc(C)c(OC)c1. The molecule has 2 rings (SSSR count). The molecule has 21 heavy (non-hydrogen) atoms. The maximum absolute atomic E-state index is 5.44. The molecular weight excluding hydrogens is 258 g/mol. The zero-order valence-electron chi connectivity index (χ0n) is 13.7. The minimum Gasteiger partial charge on any atom is -0.496 e. The summed E-state index contributed by atoms with van der Waals surface area (Å²) in [6.07, 6.45) is 0.976. The predicted molar refractivity (Wildman–Crippen MR) is 89.2 cm³/mol. The van der Waals surface area contributed by atoms with Crippen LogP contribution in [-0.4, -0.2) is 14.2 Å². The van der Waals surface area contributed by atoms with Crippen LogP contribution in [-0.2, 0) is 6.42 Å². The van der Waals surface area contributed by atoms with E-state index in [9.17, 15) is 0 Å². The predicted octanol–water partition coefficient (Wildman–Crippen LogP) is 4.12. The van der Waals surface area contributed by atoms with Gasteiger partial charge in [0.05, 0.1) is 7.11 Å². The van der Waals surface area contributed by atoms with Crippen LogP contribution in [0.15, 0.2) is 36.4 Å². The van der Waals surface area contributed by atoms with E-state index < -0.39 is 0 Å². The average Bonchev–Trinajstić information content (AvgIpc) is 2.49. The Hall–Kier alpha value is -1.80. The van der Waals surface area contributed by atoms with E-state index in [1.54, 1.807) is 7.11 Å². The second-order valence-corrected chi connectivity index (χ2v) is 5.69. The third-order valence-corrected chi connectivity index (χ3v) is 4.19. The Bertz CT molecular complexity index is 619. The number of hydrogen-bond acceptors (Lipinski definition) is 2. The van der Waals surface area contributed by atoms with E-state index in [-0.39, 0.29) is 0 Å². The Kier molecular flexibility index (Phi) is 5.03. The molecule has 2 heteroatoms. The molecule has 0 saturated heterocycles. The number of ether oxygens (including phenoxy) is 1. The lowest BCUT2D eigenvalue weighted by Crippen LogP contribution is -2.19. The van der Waals surface area contributed by atoms with Gasteiger partial charge in [-0.25, -0.2) is 0 Å². The van der Waals surface area contributed by atoms with E-state index in [0.717, 1.165) is 12.2 Å². The molecule has 0 amide bonds. The van der Waals surface area contributed by atoms with Crippen molar-refractivity contribution in [3.05, 3.63) is 64.2 Å². The summed E-state index contributed by atoms with van der Waals surface area (Å²) in [6.45, 7) is 6.39. The smallest absolute Gasteiger partial charge is 0.122 e. The van der Waals surface area contributed by atoms with Crippen molar-refractivity contribution in [2.24, 2.45) is 0 Å². The Balaban J connectivity index is 2.25. The summed E-state index contributed by atoms with van der Waals surface area (Å²) in [6, 6.07) is 13.4. The molecule has 0 heterocycles. The molecule has 0 saturated carbocycles. The molecule has 1 atom stereocenters. The van der Waals surface area contributed by atoms with Gasteiger partial charge in [-0.3, -0.25) is 0 Å². The van der Waals surface area contributed by atoms with Crippen molar-refractivity contribution in [3.63, 3.8) is 0 Å². The first-order chi connectivity index (χ1) is 10.0. The Morgan fingerprint density at radius 1 is 0.952 bits per heavy atom. The van der Waals surface area contributed by atoms with Crippen LogP contribution in [0.2, 0.25) is 0 Å². The van der Waals surface area contributed by atoms with Crippen LogP contribution < -0.4 is 10.1 Å².